The predicted molar refractivity (Wildman–Crippen MR) is 122 cm³/mol. The molecule has 1 aromatic carbocycles. The number of hydrogen-bond donors (Lipinski definition) is 2. The summed E-state index contributed by atoms with van der Waals surface area (Å²) in [5.41, 5.74) is -0.0663. The molecule has 170 valence electrons. The average molecular weight is 466 g/mol. The van der Waals surface area contributed by atoms with Crippen LogP contribution in [0.4, 0.5) is 22.0 Å². The number of nitrogens with zero attached hydrogens (tertiary/aromatic N) is 5. The summed E-state index contributed by atoms with van der Waals surface area (Å²) in [5.74, 6) is 2.53. The third-order valence-electron chi connectivity index (χ3n) is 6.44. The summed E-state index contributed by atoms with van der Waals surface area (Å²) in [7, 11) is 0. The SMILES string of the molecule is O=C(Cc1ccc(Sc2nc(Nc3ncn[nH]3)cc(N3CC(F)(C4CC4)C3)n2)cc1)C1CC1. The number of benzene rings is 1. The first-order chi connectivity index (χ1) is 16.0. The molecule has 0 unspecified atom stereocenters. The molecule has 2 aliphatic carbocycles. The maximum Gasteiger partial charge on any atom is 0.224 e. The maximum absolute atomic E-state index is 14.9. The number of carbonyl (C=O) groups excluding carboxylic acids is 1. The van der Waals surface area contributed by atoms with Crippen molar-refractivity contribution in [1.29, 1.82) is 0 Å². The first-order valence-electron chi connectivity index (χ1n) is 11.3. The number of hydrogen-bond acceptors (Lipinski definition) is 8. The van der Waals surface area contributed by atoms with Gasteiger partial charge in [0.15, 0.2) is 5.16 Å². The summed E-state index contributed by atoms with van der Waals surface area (Å²) in [6.07, 6.45) is 5.94. The Morgan fingerprint density at radius 3 is 2.64 bits per heavy atom. The minimum absolute atomic E-state index is 0.196. The highest BCUT2D eigenvalue weighted by Gasteiger charge is 2.54. The number of alkyl halides is 1. The Balaban J connectivity index is 1.20. The van der Waals surface area contributed by atoms with E-state index in [1.54, 1.807) is 0 Å². The molecule has 0 radical (unpaired) electrons. The summed E-state index contributed by atoms with van der Waals surface area (Å²) in [4.78, 5) is 28.4. The number of rotatable bonds is 9. The number of halogens is 1. The lowest BCUT2D eigenvalue weighted by molar-refractivity contribution is -0.119. The van der Waals surface area contributed by atoms with Crippen LogP contribution >= 0.6 is 11.8 Å². The Labute approximate surface area is 194 Å². The summed E-state index contributed by atoms with van der Waals surface area (Å²) >= 11 is 1.43. The van der Waals surface area contributed by atoms with E-state index >= 15 is 0 Å². The smallest absolute Gasteiger partial charge is 0.224 e. The second kappa shape index (κ2) is 8.09. The van der Waals surface area contributed by atoms with Gasteiger partial charge in [-0.2, -0.15) is 10.1 Å². The maximum atomic E-state index is 14.9. The van der Waals surface area contributed by atoms with Crippen LogP contribution < -0.4 is 10.2 Å². The van der Waals surface area contributed by atoms with Gasteiger partial charge in [-0.05, 0) is 61.1 Å². The number of anilines is 3. The van der Waals surface area contributed by atoms with E-state index < -0.39 is 5.67 Å². The Kier molecular flexibility index (Phi) is 5.05. The van der Waals surface area contributed by atoms with Crippen molar-refractivity contribution in [2.75, 3.05) is 23.3 Å². The molecule has 0 amide bonds. The van der Waals surface area contributed by atoms with Gasteiger partial charge in [0.05, 0.1) is 13.1 Å². The molecular weight excluding hydrogens is 441 g/mol. The average Bonchev–Trinajstić information content (AvgIpc) is 3.71. The first-order valence-corrected chi connectivity index (χ1v) is 12.1. The standard InChI is InChI=1S/C23H24FN7OS/c24-23(16-5-6-16)11-31(12-23)20-10-19(27-21-25-13-26-30-21)28-22(29-20)33-17-7-1-14(2-8-17)9-18(32)15-3-4-15/h1-2,7-8,10,13,15-16H,3-6,9,11-12H2,(H2,25,26,27,28,29,30). The summed E-state index contributed by atoms with van der Waals surface area (Å²) < 4.78 is 14.9. The van der Waals surface area contributed by atoms with Crippen molar-refractivity contribution in [1.82, 2.24) is 25.1 Å². The van der Waals surface area contributed by atoms with E-state index in [0.29, 0.717) is 48.0 Å². The van der Waals surface area contributed by atoms with Gasteiger partial charge >= 0.3 is 0 Å². The van der Waals surface area contributed by atoms with E-state index in [2.05, 4.69) is 25.5 Å². The van der Waals surface area contributed by atoms with Crippen molar-refractivity contribution in [3.05, 3.63) is 42.2 Å². The molecule has 8 nitrogen and oxygen atoms in total. The highest BCUT2D eigenvalue weighted by atomic mass is 32.2. The van der Waals surface area contributed by atoms with Crippen molar-refractivity contribution < 1.29 is 9.18 Å². The number of ketones is 1. The zero-order valence-corrected chi connectivity index (χ0v) is 18.8. The third-order valence-corrected chi connectivity index (χ3v) is 7.31. The lowest BCUT2D eigenvalue weighted by Gasteiger charge is -2.45. The minimum Gasteiger partial charge on any atom is -0.350 e. The van der Waals surface area contributed by atoms with Crippen molar-refractivity contribution in [2.24, 2.45) is 11.8 Å². The highest BCUT2D eigenvalue weighted by Crippen LogP contribution is 2.48. The van der Waals surface area contributed by atoms with E-state index in [4.69, 9.17) is 4.98 Å². The molecular formula is C23H24FN7OS. The number of aromatic amines is 1. The fourth-order valence-corrected chi connectivity index (χ4v) is 4.98. The van der Waals surface area contributed by atoms with E-state index in [-0.39, 0.29) is 11.8 Å². The Morgan fingerprint density at radius 2 is 1.97 bits per heavy atom. The van der Waals surface area contributed by atoms with Gasteiger partial charge in [0, 0.05) is 23.3 Å². The van der Waals surface area contributed by atoms with Gasteiger partial charge in [-0.25, -0.2) is 19.5 Å². The molecule has 3 aromatic rings. The van der Waals surface area contributed by atoms with Crippen LogP contribution in [0.5, 0.6) is 0 Å². The molecule has 6 rings (SSSR count). The fraction of sp³-hybridized carbons (Fsp3) is 0.435. The normalized spacial score (nSPS) is 19.2. The molecule has 2 saturated carbocycles. The van der Waals surface area contributed by atoms with Crippen LogP contribution in [0.2, 0.25) is 0 Å². The molecule has 3 aliphatic rings. The molecule has 33 heavy (non-hydrogen) atoms. The molecule has 0 atom stereocenters. The fourth-order valence-electron chi connectivity index (χ4n) is 4.21. The molecule has 3 fully saturated rings. The van der Waals surface area contributed by atoms with Crippen LogP contribution in [0.15, 0.2) is 46.7 Å². The third kappa shape index (κ3) is 4.57. The molecule has 1 aliphatic heterocycles. The lowest BCUT2D eigenvalue weighted by atomic mass is 9.91. The minimum atomic E-state index is -1.09. The van der Waals surface area contributed by atoms with Gasteiger partial charge in [-0.15, -0.1) is 0 Å². The second-order valence-electron chi connectivity index (χ2n) is 9.18. The lowest BCUT2D eigenvalue weighted by Crippen LogP contribution is -2.60. The quantitative estimate of drug-likeness (QED) is 0.458. The van der Waals surface area contributed by atoms with Crippen LogP contribution in [0, 0.1) is 11.8 Å². The van der Waals surface area contributed by atoms with E-state index in [1.165, 1.54) is 18.1 Å². The van der Waals surface area contributed by atoms with Crippen molar-refractivity contribution in [2.45, 2.75) is 47.8 Å². The predicted octanol–water partition coefficient (Wildman–Crippen LogP) is 3.95. The summed E-state index contributed by atoms with van der Waals surface area (Å²) in [5, 5.41) is 10.3. The van der Waals surface area contributed by atoms with Gasteiger partial charge in [0.1, 0.15) is 29.4 Å². The topological polar surface area (TPSA) is 99.7 Å². The Hall–Kier alpha value is -3.01. The zero-order chi connectivity index (χ0) is 22.4. The Bertz CT molecular complexity index is 1160. The molecule has 0 bridgehead atoms. The molecule has 3 heterocycles. The number of H-pyrrole nitrogens is 1. The van der Waals surface area contributed by atoms with Crippen LogP contribution in [-0.4, -0.2) is 49.7 Å². The number of aromatic nitrogens is 5. The monoisotopic (exact) mass is 465 g/mol. The first kappa shape index (κ1) is 20.6. The van der Waals surface area contributed by atoms with Crippen LogP contribution in [0.25, 0.3) is 0 Å². The molecule has 2 N–H and O–H groups in total. The molecule has 0 spiro atoms. The van der Waals surface area contributed by atoms with Gasteiger partial charge in [0.25, 0.3) is 0 Å². The molecule has 2 aromatic heterocycles. The van der Waals surface area contributed by atoms with Gasteiger partial charge in [-0.1, -0.05) is 12.1 Å². The van der Waals surface area contributed by atoms with Crippen molar-refractivity contribution in [3.63, 3.8) is 0 Å². The van der Waals surface area contributed by atoms with Crippen LogP contribution in [0.1, 0.15) is 31.2 Å². The van der Waals surface area contributed by atoms with Crippen LogP contribution in [-0.2, 0) is 11.2 Å². The summed E-state index contributed by atoms with van der Waals surface area (Å²) in [6, 6.07) is 9.77. The highest BCUT2D eigenvalue weighted by molar-refractivity contribution is 7.99. The van der Waals surface area contributed by atoms with Gasteiger partial charge in [-0.3, -0.25) is 4.79 Å². The zero-order valence-electron chi connectivity index (χ0n) is 18.0. The molecule has 1 saturated heterocycles. The van der Waals surface area contributed by atoms with E-state index in [1.807, 2.05) is 35.2 Å². The number of carbonyl (C=O) groups is 1. The number of nitrogens with one attached hydrogen (secondary N) is 2. The second-order valence-corrected chi connectivity index (χ2v) is 10.2. The summed E-state index contributed by atoms with van der Waals surface area (Å²) in [6.45, 7) is 0.731. The Morgan fingerprint density at radius 1 is 1.18 bits per heavy atom. The van der Waals surface area contributed by atoms with Gasteiger partial charge < -0.3 is 10.2 Å². The van der Waals surface area contributed by atoms with E-state index in [0.717, 1.165) is 36.1 Å². The van der Waals surface area contributed by atoms with E-state index in [9.17, 15) is 9.18 Å². The number of Topliss-reactive ketones (excluding diaryl/α,β-unsaturated/α-hetero) is 1. The largest absolute Gasteiger partial charge is 0.350 e. The van der Waals surface area contributed by atoms with Crippen LogP contribution in [0.3, 0.4) is 0 Å². The van der Waals surface area contributed by atoms with Crippen molar-refractivity contribution >= 4 is 35.1 Å². The van der Waals surface area contributed by atoms with Crippen molar-refractivity contribution in [3.8, 4) is 0 Å². The van der Waals surface area contributed by atoms with Gasteiger partial charge in [0.2, 0.25) is 5.95 Å². The molecule has 10 heteroatoms.